The molecular formula is C19H19NO6S. The summed E-state index contributed by atoms with van der Waals surface area (Å²) in [5.41, 5.74) is 1.53. The summed E-state index contributed by atoms with van der Waals surface area (Å²) in [7, 11) is -3.23. The summed E-state index contributed by atoms with van der Waals surface area (Å²) in [5.74, 6) is -1.52. The Morgan fingerprint density at radius 2 is 1.67 bits per heavy atom. The average molecular weight is 389 g/mol. The number of carbonyl (C=O) groups excluding carboxylic acids is 3. The van der Waals surface area contributed by atoms with Crippen LogP contribution in [0.1, 0.15) is 33.2 Å². The minimum Gasteiger partial charge on any atom is -0.454 e. The number of amides is 1. The Balaban J connectivity index is 1.97. The zero-order valence-electron chi connectivity index (χ0n) is 14.9. The Kier molecular flexibility index (Phi) is 6.46. The van der Waals surface area contributed by atoms with Crippen LogP contribution in [0, 0.1) is 0 Å². The fourth-order valence-electron chi connectivity index (χ4n) is 2.33. The second-order valence-electron chi connectivity index (χ2n) is 6.03. The van der Waals surface area contributed by atoms with E-state index in [4.69, 9.17) is 4.74 Å². The zero-order valence-corrected chi connectivity index (χ0v) is 15.7. The molecule has 27 heavy (non-hydrogen) atoms. The number of benzene rings is 2. The van der Waals surface area contributed by atoms with E-state index in [0.29, 0.717) is 16.8 Å². The van der Waals surface area contributed by atoms with Crippen LogP contribution in [0.25, 0.3) is 0 Å². The Labute approximate surface area is 157 Å². The van der Waals surface area contributed by atoms with Gasteiger partial charge in [0.2, 0.25) is 5.91 Å². The fourth-order valence-corrected chi connectivity index (χ4v) is 3.12. The number of hydrogen-bond donors (Lipinski definition) is 1. The molecule has 0 atom stereocenters. The number of rotatable bonds is 7. The van der Waals surface area contributed by atoms with Gasteiger partial charge in [0.25, 0.3) is 0 Å². The Bertz CT molecular complexity index is 964. The van der Waals surface area contributed by atoms with E-state index in [1.807, 2.05) is 0 Å². The van der Waals surface area contributed by atoms with Gasteiger partial charge in [-0.25, -0.2) is 13.2 Å². The molecule has 0 heterocycles. The first-order chi connectivity index (χ1) is 12.6. The topological polar surface area (TPSA) is 107 Å². The molecule has 1 N–H and O–H groups in total. The predicted molar refractivity (Wildman–Crippen MR) is 100 cm³/mol. The van der Waals surface area contributed by atoms with Crippen LogP contribution in [-0.2, 0) is 25.1 Å². The standard InChI is InChI=1S/C19H19NO6S/c1-13(21)20-17-8-6-15(7-9-17)18(22)11-26-19(23)16-5-3-4-14(10-16)12-27(2,24)25/h3-10H,11-12H2,1-2H3,(H,20,21). The van der Waals surface area contributed by atoms with Gasteiger partial charge in [-0.3, -0.25) is 9.59 Å². The molecule has 1 amide bonds. The van der Waals surface area contributed by atoms with Crippen LogP contribution in [0.2, 0.25) is 0 Å². The molecule has 142 valence electrons. The third-order valence-corrected chi connectivity index (χ3v) is 4.31. The molecule has 0 saturated carbocycles. The summed E-state index contributed by atoms with van der Waals surface area (Å²) in [6, 6.07) is 12.3. The zero-order chi connectivity index (χ0) is 20.0. The highest BCUT2D eigenvalue weighted by Crippen LogP contribution is 2.12. The molecule has 0 aliphatic carbocycles. The Hall–Kier alpha value is -3.00. The highest BCUT2D eigenvalue weighted by atomic mass is 32.2. The van der Waals surface area contributed by atoms with Crippen molar-refractivity contribution < 1.29 is 27.5 Å². The van der Waals surface area contributed by atoms with Gasteiger partial charge in [-0.05, 0) is 42.0 Å². The maximum Gasteiger partial charge on any atom is 0.338 e. The average Bonchev–Trinajstić information content (AvgIpc) is 2.58. The summed E-state index contributed by atoms with van der Waals surface area (Å²) < 4.78 is 27.7. The number of anilines is 1. The van der Waals surface area contributed by atoms with Gasteiger partial charge >= 0.3 is 5.97 Å². The number of carbonyl (C=O) groups is 3. The smallest absolute Gasteiger partial charge is 0.338 e. The number of sulfone groups is 1. The summed E-state index contributed by atoms with van der Waals surface area (Å²) in [6.45, 7) is 0.929. The monoisotopic (exact) mass is 389 g/mol. The van der Waals surface area contributed by atoms with Crippen molar-refractivity contribution in [2.24, 2.45) is 0 Å². The first kappa shape index (κ1) is 20.3. The summed E-state index contributed by atoms with van der Waals surface area (Å²) >= 11 is 0. The number of esters is 1. The van der Waals surface area contributed by atoms with Crippen LogP contribution in [0.4, 0.5) is 5.69 Å². The highest BCUT2D eigenvalue weighted by Gasteiger charge is 2.13. The molecule has 0 radical (unpaired) electrons. The second kappa shape index (κ2) is 8.59. The van der Waals surface area contributed by atoms with Crippen molar-refractivity contribution in [3.05, 3.63) is 65.2 Å². The molecular weight excluding hydrogens is 370 g/mol. The molecule has 0 aliphatic heterocycles. The number of ether oxygens (including phenoxy) is 1. The summed E-state index contributed by atoms with van der Waals surface area (Å²) in [6.07, 6.45) is 1.11. The molecule has 2 rings (SSSR count). The van der Waals surface area contributed by atoms with Crippen molar-refractivity contribution in [3.8, 4) is 0 Å². The molecule has 0 aliphatic rings. The Morgan fingerprint density at radius 3 is 2.26 bits per heavy atom. The number of nitrogens with one attached hydrogen (secondary N) is 1. The van der Waals surface area contributed by atoms with E-state index in [9.17, 15) is 22.8 Å². The van der Waals surface area contributed by atoms with Crippen LogP contribution in [0.15, 0.2) is 48.5 Å². The van der Waals surface area contributed by atoms with E-state index in [1.54, 1.807) is 24.3 Å². The minimum absolute atomic E-state index is 0.171. The molecule has 0 aromatic heterocycles. The molecule has 2 aromatic carbocycles. The van der Waals surface area contributed by atoms with Crippen molar-refractivity contribution in [3.63, 3.8) is 0 Å². The number of ketones is 1. The van der Waals surface area contributed by atoms with Crippen molar-refractivity contribution in [1.82, 2.24) is 0 Å². The molecule has 0 spiro atoms. The van der Waals surface area contributed by atoms with Crippen LogP contribution >= 0.6 is 0 Å². The lowest BCUT2D eigenvalue weighted by molar-refractivity contribution is -0.114. The number of hydrogen-bond acceptors (Lipinski definition) is 6. The highest BCUT2D eigenvalue weighted by molar-refractivity contribution is 7.89. The van der Waals surface area contributed by atoms with E-state index in [2.05, 4.69) is 5.32 Å². The Morgan fingerprint density at radius 1 is 1.00 bits per heavy atom. The quantitative estimate of drug-likeness (QED) is 0.575. The van der Waals surface area contributed by atoms with Gasteiger partial charge in [0.05, 0.1) is 11.3 Å². The maximum absolute atomic E-state index is 12.1. The largest absolute Gasteiger partial charge is 0.454 e. The van der Waals surface area contributed by atoms with E-state index in [0.717, 1.165) is 6.26 Å². The lowest BCUT2D eigenvalue weighted by Gasteiger charge is -2.07. The van der Waals surface area contributed by atoms with Crippen LogP contribution < -0.4 is 5.32 Å². The van der Waals surface area contributed by atoms with Crippen molar-refractivity contribution in [2.75, 3.05) is 18.2 Å². The molecule has 2 aromatic rings. The maximum atomic E-state index is 12.1. The van der Waals surface area contributed by atoms with Gasteiger partial charge in [0.1, 0.15) is 0 Å². The van der Waals surface area contributed by atoms with Gasteiger partial charge in [-0.1, -0.05) is 12.1 Å². The lowest BCUT2D eigenvalue weighted by atomic mass is 10.1. The second-order valence-corrected chi connectivity index (χ2v) is 8.17. The van der Waals surface area contributed by atoms with E-state index >= 15 is 0 Å². The van der Waals surface area contributed by atoms with Crippen molar-refractivity contribution in [2.45, 2.75) is 12.7 Å². The third kappa shape index (κ3) is 6.67. The lowest BCUT2D eigenvalue weighted by Crippen LogP contribution is -2.15. The van der Waals surface area contributed by atoms with E-state index in [-0.39, 0.29) is 17.2 Å². The number of Topliss-reactive ketones (excluding diaryl/α,β-unsaturated/α-hetero) is 1. The van der Waals surface area contributed by atoms with Crippen molar-refractivity contribution >= 4 is 33.2 Å². The molecule has 0 bridgehead atoms. The van der Waals surface area contributed by atoms with Gasteiger partial charge in [0.15, 0.2) is 22.2 Å². The van der Waals surface area contributed by atoms with Crippen LogP contribution in [-0.4, -0.2) is 38.9 Å². The minimum atomic E-state index is -3.23. The van der Waals surface area contributed by atoms with E-state index in [1.165, 1.54) is 31.2 Å². The first-order valence-electron chi connectivity index (χ1n) is 7.99. The molecule has 0 unspecified atom stereocenters. The van der Waals surface area contributed by atoms with Gasteiger partial charge in [-0.2, -0.15) is 0 Å². The summed E-state index contributed by atoms with van der Waals surface area (Å²) in [5, 5.41) is 2.59. The molecule has 7 nitrogen and oxygen atoms in total. The molecule has 0 fully saturated rings. The first-order valence-corrected chi connectivity index (χ1v) is 10.0. The normalized spacial score (nSPS) is 10.9. The van der Waals surface area contributed by atoms with E-state index < -0.39 is 28.2 Å². The van der Waals surface area contributed by atoms with Gasteiger partial charge < -0.3 is 10.1 Å². The van der Waals surface area contributed by atoms with Crippen LogP contribution in [0.3, 0.4) is 0 Å². The van der Waals surface area contributed by atoms with Gasteiger partial charge in [-0.15, -0.1) is 0 Å². The third-order valence-electron chi connectivity index (χ3n) is 3.45. The van der Waals surface area contributed by atoms with Crippen LogP contribution in [0.5, 0.6) is 0 Å². The van der Waals surface area contributed by atoms with Crippen molar-refractivity contribution in [1.29, 1.82) is 0 Å². The molecule has 0 saturated heterocycles. The molecule has 8 heteroatoms. The SMILES string of the molecule is CC(=O)Nc1ccc(C(=O)COC(=O)c2cccc(CS(C)(=O)=O)c2)cc1. The fraction of sp³-hybridized carbons (Fsp3) is 0.211. The summed E-state index contributed by atoms with van der Waals surface area (Å²) in [4.78, 5) is 35.2. The predicted octanol–water partition coefficient (Wildman–Crippen LogP) is 2.23. The van der Waals surface area contributed by atoms with Gasteiger partial charge in [0, 0.05) is 24.4 Å².